The van der Waals surface area contributed by atoms with E-state index in [1.54, 1.807) is 0 Å². The van der Waals surface area contributed by atoms with Gasteiger partial charge >= 0.3 is 0 Å². The maximum absolute atomic E-state index is 12.6. The van der Waals surface area contributed by atoms with Gasteiger partial charge in [0.2, 0.25) is 0 Å². The Balaban J connectivity index is 2.28. The maximum atomic E-state index is 12.6. The van der Waals surface area contributed by atoms with Gasteiger partial charge in [0.15, 0.2) is 0 Å². The van der Waals surface area contributed by atoms with E-state index in [2.05, 4.69) is 22.6 Å². The number of halogens is 2. The molecular weight excluding hydrogens is 218 g/mol. The second-order valence-electron chi connectivity index (χ2n) is 2.32. The zero-order valence-corrected chi connectivity index (χ0v) is 6.90. The van der Waals surface area contributed by atoms with Gasteiger partial charge < -0.3 is 0 Å². The topological polar surface area (TPSA) is 0 Å². The van der Waals surface area contributed by atoms with Gasteiger partial charge in [0.25, 0.3) is 0 Å². The Hall–Kier alpha value is 0.660. The molecule has 0 aliphatic heterocycles. The zero-order chi connectivity index (χ0) is 5.98. The first-order valence-corrected chi connectivity index (χ1v) is 4.33. The Bertz CT molecular complexity index is 64.9. The molecule has 0 amide bonds. The van der Waals surface area contributed by atoms with Crippen LogP contribution in [0, 0.1) is 0 Å². The van der Waals surface area contributed by atoms with E-state index in [-0.39, 0.29) is 0 Å². The van der Waals surface area contributed by atoms with Gasteiger partial charge in [0.1, 0.15) is 6.17 Å². The van der Waals surface area contributed by atoms with Gasteiger partial charge in [-0.2, -0.15) is 0 Å². The molecule has 1 aliphatic rings. The number of hydrogen-bond acceptors (Lipinski definition) is 0. The van der Waals surface area contributed by atoms with E-state index < -0.39 is 6.17 Å². The van der Waals surface area contributed by atoms with E-state index in [9.17, 15) is 4.39 Å². The lowest BCUT2D eigenvalue weighted by Gasteiger charge is -2.19. The molecule has 48 valence electrons. The van der Waals surface area contributed by atoms with Crippen molar-refractivity contribution >= 4 is 22.6 Å². The second-order valence-corrected chi connectivity index (χ2v) is 3.92. The Kier molecular flexibility index (Phi) is 2.53. The molecule has 1 rings (SSSR count). The lowest BCUT2D eigenvalue weighted by Crippen LogP contribution is -2.19. The summed E-state index contributed by atoms with van der Waals surface area (Å²) in [6.45, 7) is 0. The van der Waals surface area contributed by atoms with Crippen LogP contribution in [-0.4, -0.2) is 10.1 Å². The Morgan fingerprint density at radius 1 is 1.25 bits per heavy atom. The lowest BCUT2D eigenvalue weighted by atomic mass is 9.99. The lowest BCUT2D eigenvalue weighted by molar-refractivity contribution is 0.267. The first-order valence-electron chi connectivity index (χ1n) is 3.09. The van der Waals surface area contributed by atoms with Gasteiger partial charge in [-0.05, 0) is 12.8 Å². The highest BCUT2D eigenvalue weighted by Crippen LogP contribution is 2.26. The predicted molar refractivity (Wildman–Crippen MR) is 41.2 cm³/mol. The van der Waals surface area contributed by atoms with Crippen LogP contribution in [0.25, 0.3) is 0 Å². The monoisotopic (exact) mass is 228 g/mol. The van der Waals surface area contributed by atoms with Crippen LogP contribution in [0.1, 0.15) is 25.7 Å². The van der Waals surface area contributed by atoms with Gasteiger partial charge in [-0.25, -0.2) is 4.39 Å². The van der Waals surface area contributed by atoms with Crippen LogP contribution in [0.5, 0.6) is 0 Å². The summed E-state index contributed by atoms with van der Waals surface area (Å²) in [5.74, 6) is 0. The SMILES string of the molecule is F[C@@H]1CCCC[C@@H]1I. The maximum Gasteiger partial charge on any atom is 0.112 e. The highest BCUT2D eigenvalue weighted by atomic mass is 127. The molecule has 2 atom stereocenters. The van der Waals surface area contributed by atoms with E-state index >= 15 is 0 Å². The van der Waals surface area contributed by atoms with Crippen LogP contribution < -0.4 is 0 Å². The van der Waals surface area contributed by atoms with Crippen molar-refractivity contribution in [2.75, 3.05) is 0 Å². The quantitative estimate of drug-likeness (QED) is 0.441. The van der Waals surface area contributed by atoms with Crippen molar-refractivity contribution in [2.45, 2.75) is 35.8 Å². The average molecular weight is 228 g/mol. The summed E-state index contributed by atoms with van der Waals surface area (Å²) in [6, 6.07) is 0. The molecule has 0 saturated heterocycles. The molecule has 0 heterocycles. The number of rotatable bonds is 0. The van der Waals surface area contributed by atoms with Gasteiger partial charge in [-0.15, -0.1) is 0 Å². The molecule has 1 fully saturated rings. The highest BCUT2D eigenvalue weighted by Gasteiger charge is 2.20. The van der Waals surface area contributed by atoms with E-state index in [1.807, 2.05) is 0 Å². The number of hydrogen-bond donors (Lipinski definition) is 0. The van der Waals surface area contributed by atoms with Gasteiger partial charge in [0.05, 0.1) is 0 Å². The fourth-order valence-corrected chi connectivity index (χ4v) is 1.84. The largest absolute Gasteiger partial charge is 0.246 e. The standard InChI is InChI=1S/C6H10FI/c7-5-3-1-2-4-6(5)8/h5-6H,1-4H2/t5-,6+/m1/s1. The molecule has 0 N–H and O–H groups in total. The molecule has 0 nitrogen and oxygen atoms in total. The average Bonchev–Trinajstić information content (AvgIpc) is 1.77. The first kappa shape index (κ1) is 6.78. The van der Waals surface area contributed by atoms with Crippen LogP contribution in [0.15, 0.2) is 0 Å². The van der Waals surface area contributed by atoms with Crippen LogP contribution in [-0.2, 0) is 0 Å². The zero-order valence-electron chi connectivity index (χ0n) is 4.74. The molecule has 8 heavy (non-hydrogen) atoms. The normalized spacial score (nSPS) is 39.8. The van der Waals surface area contributed by atoms with Crippen LogP contribution in [0.4, 0.5) is 4.39 Å². The van der Waals surface area contributed by atoms with E-state index in [4.69, 9.17) is 0 Å². The van der Waals surface area contributed by atoms with Crippen molar-refractivity contribution in [1.82, 2.24) is 0 Å². The molecule has 0 unspecified atom stereocenters. The van der Waals surface area contributed by atoms with Crippen molar-refractivity contribution in [3.63, 3.8) is 0 Å². The molecule has 0 radical (unpaired) electrons. The minimum Gasteiger partial charge on any atom is -0.246 e. The summed E-state index contributed by atoms with van der Waals surface area (Å²) in [6.07, 6.45) is 3.70. The van der Waals surface area contributed by atoms with Crippen LogP contribution in [0.2, 0.25) is 0 Å². The Morgan fingerprint density at radius 2 is 1.88 bits per heavy atom. The molecule has 0 aromatic carbocycles. The van der Waals surface area contributed by atoms with Crippen molar-refractivity contribution in [3.05, 3.63) is 0 Å². The minimum atomic E-state index is -0.510. The van der Waals surface area contributed by atoms with Crippen molar-refractivity contribution in [2.24, 2.45) is 0 Å². The van der Waals surface area contributed by atoms with E-state index in [0.717, 1.165) is 19.3 Å². The van der Waals surface area contributed by atoms with E-state index in [0.29, 0.717) is 3.92 Å². The Morgan fingerprint density at radius 3 is 2.25 bits per heavy atom. The van der Waals surface area contributed by atoms with Crippen LogP contribution >= 0.6 is 22.6 Å². The molecule has 0 bridgehead atoms. The minimum absolute atomic E-state index is 0.307. The van der Waals surface area contributed by atoms with Gasteiger partial charge in [0, 0.05) is 3.92 Å². The molecule has 0 aromatic rings. The third kappa shape index (κ3) is 1.57. The van der Waals surface area contributed by atoms with Crippen molar-refractivity contribution < 1.29 is 4.39 Å². The molecule has 1 saturated carbocycles. The summed E-state index contributed by atoms with van der Waals surface area (Å²) in [4.78, 5) is 0. The number of alkyl halides is 2. The van der Waals surface area contributed by atoms with Crippen LogP contribution in [0.3, 0.4) is 0 Å². The third-order valence-electron chi connectivity index (χ3n) is 1.60. The third-order valence-corrected chi connectivity index (χ3v) is 3.01. The Labute approximate surface area is 63.0 Å². The molecular formula is C6H10FI. The second kappa shape index (κ2) is 2.99. The van der Waals surface area contributed by atoms with Crippen molar-refractivity contribution in [1.29, 1.82) is 0 Å². The fraction of sp³-hybridized carbons (Fsp3) is 1.00. The predicted octanol–water partition coefficient (Wildman–Crippen LogP) is 2.70. The molecule has 2 heteroatoms. The van der Waals surface area contributed by atoms with Crippen molar-refractivity contribution in [3.8, 4) is 0 Å². The summed E-state index contributed by atoms with van der Waals surface area (Å²) >= 11 is 2.21. The summed E-state index contributed by atoms with van der Waals surface area (Å²) in [5.41, 5.74) is 0. The molecule has 1 aliphatic carbocycles. The van der Waals surface area contributed by atoms with E-state index in [1.165, 1.54) is 6.42 Å². The molecule has 0 spiro atoms. The summed E-state index contributed by atoms with van der Waals surface area (Å²) < 4.78 is 12.9. The summed E-state index contributed by atoms with van der Waals surface area (Å²) in [7, 11) is 0. The van der Waals surface area contributed by atoms with Gasteiger partial charge in [-0.3, -0.25) is 0 Å². The summed E-state index contributed by atoms with van der Waals surface area (Å²) in [5, 5.41) is 0. The van der Waals surface area contributed by atoms with Gasteiger partial charge in [-0.1, -0.05) is 35.4 Å². The first-order chi connectivity index (χ1) is 3.80. The smallest absolute Gasteiger partial charge is 0.112 e. The fourth-order valence-electron chi connectivity index (χ4n) is 1.04. The highest BCUT2D eigenvalue weighted by molar-refractivity contribution is 14.1. The molecule has 0 aromatic heterocycles.